The summed E-state index contributed by atoms with van der Waals surface area (Å²) >= 11 is 5.84. The number of para-hydroxylation sites is 2. The van der Waals surface area contributed by atoms with Crippen molar-refractivity contribution in [1.82, 2.24) is 19.9 Å². The number of aryl methyl sites for hydroxylation is 1. The topological polar surface area (TPSA) is 97.7 Å². The maximum atomic E-state index is 14.9. The largest absolute Gasteiger partial charge is 0.264 e. The highest BCUT2D eigenvalue weighted by molar-refractivity contribution is 7.92. The zero-order chi connectivity index (χ0) is 22.0. The van der Waals surface area contributed by atoms with Gasteiger partial charge in [0.15, 0.2) is 11.6 Å². The van der Waals surface area contributed by atoms with Crippen LogP contribution in [-0.4, -0.2) is 28.4 Å². The van der Waals surface area contributed by atoms with Gasteiger partial charge in [-0.3, -0.25) is 14.7 Å². The van der Waals surface area contributed by atoms with Crippen LogP contribution >= 0.6 is 11.6 Å². The van der Waals surface area contributed by atoms with Crippen LogP contribution in [0.5, 0.6) is 0 Å². The van der Waals surface area contributed by atoms with Gasteiger partial charge in [0, 0.05) is 12.4 Å². The lowest BCUT2D eigenvalue weighted by Gasteiger charge is -2.10. The fourth-order valence-corrected chi connectivity index (χ4v) is 4.16. The molecule has 0 amide bonds. The highest BCUT2D eigenvalue weighted by atomic mass is 35.5. The van der Waals surface area contributed by atoms with Crippen LogP contribution in [0.25, 0.3) is 11.0 Å². The second-order valence-corrected chi connectivity index (χ2v) is 8.44. The molecule has 0 aliphatic carbocycles. The summed E-state index contributed by atoms with van der Waals surface area (Å²) in [7, 11) is -4.17. The van der Waals surface area contributed by atoms with Crippen LogP contribution in [0.3, 0.4) is 0 Å². The fourth-order valence-electron chi connectivity index (χ4n) is 2.70. The molecule has 0 spiro atoms. The SMILES string of the molecule is Cc1ncc(Cl)cc1S(=O)(=O)Nc1nccc(C#Cc2cnc3ccccc3n2)c1F. The van der Waals surface area contributed by atoms with Gasteiger partial charge in [0.2, 0.25) is 0 Å². The van der Waals surface area contributed by atoms with Crippen LogP contribution in [-0.2, 0) is 10.0 Å². The Balaban J connectivity index is 1.66. The number of nitrogens with one attached hydrogen (secondary N) is 1. The normalized spacial score (nSPS) is 11.1. The lowest BCUT2D eigenvalue weighted by molar-refractivity contribution is 0.596. The number of rotatable bonds is 3. The first-order valence-corrected chi connectivity index (χ1v) is 10.7. The standard InChI is InChI=1S/C21H13ClFN5O2S/c1-13-19(10-15(22)11-25-13)31(29,30)28-21-20(23)14(8-9-24-21)6-7-16-12-26-17-4-2-3-5-18(17)27-16/h2-5,8-12H,1H3,(H,24,28). The molecule has 1 N–H and O–H groups in total. The van der Waals surface area contributed by atoms with Gasteiger partial charge >= 0.3 is 0 Å². The zero-order valence-electron chi connectivity index (χ0n) is 16.0. The van der Waals surface area contributed by atoms with Crippen molar-refractivity contribution in [2.75, 3.05) is 4.72 Å². The number of halogens is 2. The molecule has 4 rings (SSSR count). The van der Waals surface area contributed by atoms with E-state index in [0.29, 0.717) is 16.7 Å². The smallest absolute Gasteiger partial charge is 0.261 e. The predicted molar refractivity (Wildman–Crippen MR) is 115 cm³/mol. The molecule has 1 aromatic carbocycles. The highest BCUT2D eigenvalue weighted by Gasteiger charge is 2.21. The lowest BCUT2D eigenvalue weighted by Crippen LogP contribution is -2.17. The Morgan fingerprint density at radius 2 is 1.81 bits per heavy atom. The first-order valence-electron chi connectivity index (χ1n) is 8.87. The van der Waals surface area contributed by atoms with Gasteiger partial charge in [-0.1, -0.05) is 29.7 Å². The van der Waals surface area contributed by atoms with Gasteiger partial charge in [-0.2, -0.15) is 0 Å². The fraction of sp³-hybridized carbons (Fsp3) is 0.0476. The van der Waals surface area contributed by atoms with E-state index in [1.807, 2.05) is 18.2 Å². The molecule has 4 aromatic rings. The Bertz CT molecular complexity index is 1480. The van der Waals surface area contributed by atoms with Crippen molar-refractivity contribution in [3.8, 4) is 11.8 Å². The van der Waals surface area contributed by atoms with Crippen molar-refractivity contribution in [2.45, 2.75) is 11.8 Å². The first kappa shape index (κ1) is 20.7. The van der Waals surface area contributed by atoms with E-state index in [1.165, 1.54) is 37.6 Å². The maximum Gasteiger partial charge on any atom is 0.264 e. The monoisotopic (exact) mass is 453 g/mol. The molecule has 0 saturated heterocycles. The molecular weight excluding hydrogens is 441 g/mol. The second kappa shape index (κ2) is 8.26. The molecule has 154 valence electrons. The van der Waals surface area contributed by atoms with Gasteiger partial charge in [0.1, 0.15) is 10.6 Å². The number of pyridine rings is 2. The summed E-state index contributed by atoms with van der Waals surface area (Å²) < 4.78 is 42.4. The van der Waals surface area contributed by atoms with E-state index >= 15 is 0 Å². The van der Waals surface area contributed by atoms with E-state index in [-0.39, 0.29) is 21.2 Å². The third-order valence-corrected chi connectivity index (χ3v) is 5.85. The minimum absolute atomic E-state index is 0.0522. The lowest BCUT2D eigenvalue weighted by atomic mass is 10.2. The summed E-state index contributed by atoms with van der Waals surface area (Å²) in [4.78, 5) is 16.1. The molecular formula is C21H13ClFN5O2S. The summed E-state index contributed by atoms with van der Waals surface area (Å²) in [5.41, 5.74) is 1.87. The molecule has 10 heteroatoms. The molecule has 7 nitrogen and oxygen atoms in total. The van der Waals surface area contributed by atoms with E-state index in [2.05, 4.69) is 36.5 Å². The Kier molecular flexibility index (Phi) is 5.50. The molecule has 0 radical (unpaired) electrons. The molecule has 0 bridgehead atoms. The molecule has 0 saturated carbocycles. The number of anilines is 1. The molecule has 0 aliphatic rings. The summed E-state index contributed by atoms with van der Waals surface area (Å²) in [6, 6.07) is 9.84. The molecule has 0 fully saturated rings. The predicted octanol–water partition coefficient (Wildman–Crippen LogP) is 3.72. The van der Waals surface area contributed by atoms with Crippen molar-refractivity contribution < 1.29 is 12.8 Å². The van der Waals surface area contributed by atoms with Crippen molar-refractivity contribution >= 4 is 38.5 Å². The minimum Gasteiger partial charge on any atom is -0.261 e. The van der Waals surface area contributed by atoms with E-state index in [0.717, 1.165) is 0 Å². The average Bonchev–Trinajstić information content (AvgIpc) is 2.75. The Hall–Kier alpha value is -3.61. The van der Waals surface area contributed by atoms with E-state index < -0.39 is 21.7 Å². The molecule has 0 aliphatic heterocycles. The number of fused-ring (bicyclic) bond motifs is 1. The highest BCUT2D eigenvalue weighted by Crippen LogP contribution is 2.22. The average molecular weight is 454 g/mol. The Morgan fingerprint density at radius 3 is 2.61 bits per heavy atom. The van der Waals surface area contributed by atoms with Crippen molar-refractivity contribution in [2.24, 2.45) is 0 Å². The molecule has 0 atom stereocenters. The van der Waals surface area contributed by atoms with Crippen molar-refractivity contribution in [1.29, 1.82) is 0 Å². The number of aromatic nitrogens is 4. The number of hydrogen-bond donors (Lipinski definition) is 1. The van der Waals surface area contributed by atoms with E-state index in [4.69, 9.17) is 11.6 Å². The maximum absolute atomic E-state index is 14.9. The number of nitrogens with zero attached hydrogens (tertiary/aromatic N) is 4. The number of benzene rings is 1. The van der Waals surface area contributed by atoms with Gasteiger partial charge in [0.25, 0.3) is 10.0 Å². The van der Waals surface area contributed by atoms with Gasteiger partial charge < -0.3 is 0 Å². The van der Waals surface area contributed by atoms with Crippen molar-refractivity contribution in [3.63, 3.8) is 0 Å². The van der Waals surface area contributed by atoms with Crippen LogP contribution in [0, 0.1) is 24.6 Å². The van der Waals surface area contributed by atoms with Crippen LogP contribution in [0.4, 0.5) is 10.2 Å². The number of sulfonamides is 1. The van der Waals surface area contributed by atoms with Gasteiger partial charge in [-0.05, 0) is 37.1 Å². The summed E-state index contributed by atoms with van der Waals surface area (Å²) in [5.74, 6) is 3.97. The van der Waals surface area contributed by atoms with Crippen LogP contribution in [0.2, 0.25) is 5.02 Å². The van der Waals surface area contributed by atoms with Gasteiger partial charge in [-0.15, -0.1) is 0 Å². The summed E-state index contributed by atoms with van der Waals surface area (Å²) in [5, 5.41) is 0.135. The molecule has 3 heterocycles. The molecule has 0 unspecified atom stereocenters. The first-order chi connectivity index (χ1) is 14.8. The van der Waals surface area contributed by atoms with Gasteiger partial charge in [0.05, 0.1) is 33.5 Å². The quantitative estimate of drug-likeness (QED) is 0.475. The van der Waals surface area contributed by atoms with Gasteiger partial charge in [-0.25, -0.2) is 22.8 Å². The van der Waals surface area contributed by atoms with E-state index in [1.54, 1.807) is 6.07 Å². The minimum atomic E-state index is -4.17. The zero-order valence-corrected chi connectivity index (χ0v) is 17.5. The third kappa shape index (κ3) is 4.45. The van der Waals surface area contributed by atoms with Crippen LogP contribution in [0.15, 0.2) is 59.9 Å². The summed E-state index contributed by atoms with van der Waals surface area (Å²) in [6.07, 6.45) is 4.05. The second-order valence-electron chi connectivity index (χ2n) is 6.36. The van der Waals surface area contributed by atoms with Crippen molar-refractivity contribution in [3.05, 3.63) is 82.8 Å². The molecule has 31 heavy (non-hydrogen) atoms. The Morgan fingerprint density at radius 1 is 1.03 bits per heavy atom. The molecule has 3 aromatic heterocycles. The summed E-state index contributed by atoms with van der Waals surface area (Å²) in [6.45, 7) is 1.50. The third-order valence-electron chi connectivity index (χ3n) is 4.19. The van der Waals surface area contributed by atoms with Crippen LogP contribution < -0.4 is 4.72 Å². The van der Waals surface area contributed by atoms with Crippen LogP contribution in [0.1, 0.15) is 17.0 Å². The van der Waals surface area contributed by atoms with E-state index in [9.17, 15) is 12.8 Å². The number of hydrogen-bond acceptors (Lipinski definition) is 6. The Labute approximate surface area is 182 Å².